The molecule has 3 rings (SSSR count). The Bertz CT molecular complexity index is 586. The van der Waals surface area contributed by atoms with Crippen molar-refractivity contribution in [3.63, 3.8) is 0 Å². The number of aromatic nitrogens is 1. The normalized spacial score (nSPS) is 16.0. The van der Waals surface area contributed by atoms with Crippen molar-refractivity contribution in [3.8, 4) is 0 Å². The Morgan fingerprint density at radius 3 is 2.62 bits per heavy atom. The molecule has 1 atom stereocenters. The van der Waals surface area contributed by atoms with Gasteiger partial charge in [0, 0.05) is 19.1 Å². The summed E-state index contributed by atoms with van der Waals surface area (Å²) in [6.45, 7) is 6.59. The second-order valence-electron chi connectivity index (χ2n) is 5.88. The Labute approximate surface area is 127 Å². The molecule has 0 radical (unpaired) electrons. The summed E-state index contributed by atoms with van der Waals surface area (Å²) >= 11 is 0. The third-order valence-electron chi connectivity index (χ3n) is 4.10. The van der Waals surface area contributed by atoms with Gasteiger partial charge in [-0.15, -0.1) is 0 Å². The lowest BCUT2D eigenvalue weighted by molar-refractivity contribution is 0.878. The highest BCUT2D eigenvalue weighted by molar-refractivity contribution is 5.50. The van der Waals surface area contributed by atoms with Crippen LogP contribution in [0.4, 0.5) is 11.5 Å². The fourth-order valence-corrected chi connectivity index (χ4v) is 2.88. The average Bonchev–Trinajstić information content (AvgIpc) is 3.02. The number of rotatable bonds is 4. The molecule has 1 N–H and O–H groups in total. The summed E-state index contributed by atoms with van der Waals surface area (Å²) in [4.78, 5) is 6.94. The first-order valence-electron chi connectivity index (χ1n) is 7.76. The van der Waals surface area contributed by atoms with Crippen LogP contribution in [-0.4, -0.2) is 18.1 Å². The molecule has 1 unspecified atom stereocenters. The van der Waals surface area contributed by atoms with Gasteiger partial charge in [0.25, 0.3) is 0 Å². The maximum atomic E-state index is 4.59. The van der Waals surface area contributed by atoms with Gasteiger partial charge in [0.05, 0.1) is 11.9 Å². The number of nitrogens with zero attached hydrogens (tertiary/aromatic N) is 2. The third kappa shape index (κ3) is 3.35. The highest BCUT2D eigenvalue weighted by Crippen LogP contribution is 2.22. The minimum atomic E-state index is 0.282. The van der Waals surface area contributed by atoms with Gasteiger partial charge in [-0.1, -0.05) is 29.8 Å². The Hall–Kier alpha value is -2.03. The molecule has 1 aliphatic rings. The minimum absolute atomic E-state index is 0.282. The van der Waals surface area contributed by atoms with E-state index in [2.05, 4.69) is 65.4 Å². The van der Waals surface area contributed by atoms with Crippen LogP contribution in [0.2, 0.25) is 0 Å². The molecule has 0 amide bonds. The van der Waals surface area contributed by atoms with Gasteiger partial charge in [-0.2, -0.15) is 0 Å². The molecular weight excluding hydrogens is 258 g/mol. The molecule has 2 heterocycles. The zero-order chi connectivity index (χ0) is 14.7. The molecule has 0 spiro atoms. The molecule has 0 saturated carbocycles. The van der Waals surface area contributed by atoms with E-state index in [1.807, 2.05) is 6.20 Å². The molecule has 1 saturated heterocycles. The fraction of sp³-hybridized carbons (Fsp3) is 0.389. The summed E-state index contributed by atoms with van der Waals surface area (Å²) < 4.78 is 0. The first-order chi connectivity index (χ1) is 10.2. The highest BCUT2D eigenvalue weighted by atomic mass is 15.2. The van der Waals surface area contributed by atoms with Gasteiger partial charge in [-0.3, -0.25) is 0 Å². The number of anilines is 2. The van der Waals surface area contributed by atoms with E-state index < -0.39 is 0 Å². The lowest BCUT2D eigenvalue weighted by Gasteiger charge is -2.19. The monoisotopic (exact) mass is 281 g/mol. The molecule has 1 fully saturated rings. The van der Waals surface area contributed by atoms with E-state index >= 15 is 0 Å². The van der Waals surface area contributed by atoms with Gasteiger partial charge in [-0.05, 0) is 44.4 Å². The van der Waals surface area contributed by atoms with Crippen LogP contribution in [-0.2, 0) is 0 Å². The first kappa shape index (κ1) is 13.9. The Kier molecular flexibility index (Phi) is 4.09. The van der Waals surface area contributed by atoms with Crippen LogP contribution in [0.25, 0.3) is 0 Å². The lowest BCUT2D eigenvalue weighted by atomic mass is 10.1. The molecular formula is C18H23N3. The summed E-state index contributed by atoms with van der Waals surface area (Å²) in [5.41, 5.74) is 3.68. The largest absolute Gasteiger partial charge is 0.377 e. The number of aryl methyl sites for hydroxylation is 1. The van der Waals surface area contributed by atoms with E-state index in [-0.39, 0.29) is 6.04 Å². The van der Waals surface area contributed by atoms with Crippen molar-refractivity contribution in [3.05, 3.63) is 53.7 Å². The van der Waals surface area contributed by atoms with Crippen LogP contribution in [0, 0.1) is 6.92 Å². The van der Waals surface area contributed by atoms with Crippen molar-refractivity contribution in [2.75, 3.05) is 23.3 Å². The van der Waals surface area contributed by atoms with E-state index in [4.69, 9.17) is 0 Å². The number of benzene rings is 1. The molecule has 1 aromatic heterocycles. The first-order valence-corrected chi connectivity index (χ1v) is 7.76. The third-order valence-corrected chi connectivity index (χ3v) is 4.10. The number of nitrogens with one attached hydrogen (secondary N) is 1. The van der Waals surface area contributed by atoms with E-state index in [0.29, 0.717) is 0 Å². The maximum Gasteiger partial charge on any atom is 0.128 e. The summed E-state index contributed by atoms with van der Waals surface area (Å²) in [5.74, 6) is 1.10. The molecule has 0 aliphatic carbocycles. The van der Waals surface area contributed by atoms with Gasteiger partial charge in [0.15, 0.2) is 0 Å². The molecule has 1 aromatic carbocycles. The standard InChI is InChI=1S/C18H23N3/c1-14-6-5-7-16(12-14)15(2)20-17-8-9-18(19-13-17)21-10-3-4-11-21/h5-9,12-13,15,20H,3-4,10-11H2,1-2H3. The summed E-state index contributed by atoms with van der Waals surface area (Å²) in [7, 11) is 0. The van der Waals surface area contributed by atoms with Crippen molar-refractivity contribution in [1.82, 2.24) is 4.98 Å². The van der Waals surface area contributed by atoms with Gasteiger partial charge in [-0.25, -0.2) is 4.98 Å². The van der Waals surface area contributed by atoms with Crippen LogP contribution in [0.1, 0.15) is 36.9 Å². The lowest BCUT2D eigenvalue weighted by Crippen LogP contribution is -2.18. The van der Waals surface area contributed by atoms with Crippen LogP contribution in [0.5, 0.6) is 0 Å². The van der Waals surface area contributed by atoms with Gasteiger partial charge in [0.1, 0.15) is 5.82 Å². The van der Waals surface area contributed by atoms with Crippen molar-refractivity contribution < 1.29 is 0 Å². The Balaban J connectivity index is 1.67. The summed E-state index contributed by atoms with van der Waals surface area (Å²) in [5, 5.41) is 3.52. The SMILES string of the molecule is Cc1cccc(C(C)Nc2ccc(N3CCCC3)nc2)c1. The van der Waals surface area contributed by atoms with Gasteiger partial charge < -0.3 is 10.2 Å². The summed E-state index contributed by atoms with van der Waals surface area (Å²) in [6, 6.07) is 13.2. The van der Waals surface area contributed by atoms with Crippen LogP contribution < -0.4 is 10.2 Å². The molecule has 110 valence electrons. The second-order valence-corrected chi connectivity index (χ2v) is 5.88. The topological polar surface area (TPSA) is 28.2 Å². The van der Waals surface area contributed by atoms with E-state index in [1.165, 1.54) is 24.0 Å². The van der Waals surface area contributed by atoms with Crippen LogP contribution >= 0.6 is 0 Å². The molecule has 0 bridgehead atoms. The molecule has 3 nitrogen and oxygen atoms in total. The fourth-order valence-electron chi connectivity index (χ4n) is 2.88. The smallest absolute Gasteiger partial charge is 0.128 e. The Morgan fingerprint density at radius 1 is 1.14 bits per heavy atom. The highest BCUT2D eigenvalue weighted by Gasteiger charge is 2.13. The van der Waals surface area contributed by atoms with E-state index in [9.17, 15) is 0 Å². The molecule has 1 aliphatic heterocycles. The predicted molar refractivity (Wildman–Crippen MR) is 88.9 cm³/mol. The second kappa shape index (κ2) is 6.17. The maximum absolute atomic E-state index is 4.59. The number of hydrogen-bond donors (Lipinski definition) is 1. The number of pyridine rings is 1. The zero-order valence-corrected chi connectivity index (χ0v) is 12.8. The Morgan fingerprint density at radius 2 is 1.95 bits per heavy atom. The zero-order valence-electron chi connectivity index (χ0n) is 12.8. The van der Waals surface area contributed by atoms with Crippen molar-refractivity contribution in [1.29, 1.82) is 0 Å². The van der Waals surface area contributed by atoms with Gasteiger partial charge in [0.2, 0.25) is 0 Å². The van der Waals surface area contributed by atoms with Crippen LogP contribution in [0.15, 0.2) is 42.6 Å². The van der Waals surface area contributed by atoms with E-state index in [0.717, 1.165) is 24.6 Å². The molecule has 21 heavy (non-hydrogen) atoms. The van der Waals surface area contributed by atoms with Crippen molar-refractivity contribution in [2.45, 2.75) is 32.7 Å². The van der Waals surface area contributed by atoms with Crippen LogP contribution in [0.3, 0.4) is 0 Å². The predicted octanol–water partition coefficient (Wildman–Crippen LogP) is 4.16. The number of hydrogen-bond acceptors (Lipinski definition) is 3. The van der Waals surface area contributed by atoms with Crippen molar-refractivity contribution in [2.24, 2.45) is 0 Å². The van der Waals surface area contributed by atoms with Gasteiger partial charge >= 0.3 is 0 Å². The van der Waals surface area contributed by atoms with Crippen molar-refractivity contribution >= 4 is 11.5 Å². The molecule has 3 heteroatoms. The average molecular weight is 281 g/mol. The summed E-state index contributed by atoms with van der Waals surface area (Å²) in [6.07, 6.45) is 4.51. The minimum Gasteiger partial charge on any atom is -0.377 e. The molecule has 2 aromatic rings. The van der Waals surface area contributed by atoms with E-state index in [1.54, 1.807) is 0 Å². The quantitative estimate of drug-likeness (QED) is 0.912.